The summed E-state index contributed by atoms with van der Waals surface area (Å²) < 4.78 is 11.8. The predicted molar refractivity (Wildman–Crippen MR) is 134 cm³/mol. The van der Waals surface area contributed by atoms with Gasteiger partial charge in [0.05, 0.1) is 46.7 Å². The molecular formula is C24H19ClN6O2S. The number of rotatable bonds is 4. The van der Waals surface area contributed by atoms with Crippen LogP contribution in [0.15, 0.2) is 54.2 Å². The number of hydrogen-bond acceptors (Lipinski definition) is 7. The van der Waals surface area contributed by atoms with E-state index in [0.717, 1.165) is 40.9 Å². The Bertz CT molecular complexity index is 1540. The summed E-state index contributed by atoms with van der Waals surface area (Å²) in [6.45, 7) is 2.71. The van der Waals surface area contributed by atoms with Crippen molar-refractivity contribution in [1.82, 2.24) is 18.9 Å². The number of benzene rings is 2. The molecule has 3 aromatic heterocycles. The number of carbonyl (C=O) groups excluding carboxylic acids is 1. The monoisotopic (exact) mass is 490 g/mol. The van der Waals surface area contributed by atoms with Crippen molar-refractivity contribution in [2.24, 2.45) is 5.73 Å². The first-order valence-electron chi connectivity index (χ1n) is 10.7. The summed E-state index contributed by atoms with van der Waals surface area (Å²) in [4.78, 5) is 24.1. The zero-order valence-corrected chi connectivity index (χ0v) is 19.5. The molecule has 34 heavy (non-hydrogen) atoms. The number of fused-ring (bicyclic) bond motifs is 2. The molecule has 0 bridgehead atoms. The van der Waals surface area contributed by atoms with E-state index in [-0.39, 0.29) is 0 Å². The van der Waals surface area contributed by atoms with E-state index < -0.39 is 5.91 Å². The average Bonchev–Trinajstić information content (AvgIpc) is 3.52. The smallest absolute Gasteiger partial charge is 0.251 e. The number of morpholine rings is 1. The summed E-state index contributed by atoms with van der Waals surface area (Å²) in [7, 11) is 0. The molecule has 0 saturated carbocycles. The topological polar surface area (TPSA) is 99.2 Å². The van der Waals surface area contributed by atoms with Gasteiger partial charge in [-0.05, 0) is 35.8 Å². The van der Waals surface area contributed by atoms with Gasteiger partial charge in [0, 0.05) is 41.3 Å². The van der Waals surface area contributed by atoms with E-state index in [4.69, 9.17) is 27.1 Å². The molecular weight excluding hydrogens is 472 g/mol. The summed E-state index contributed by atoms with van der Waals surface area (Å²) in [5.74, 6) is 0.139. The van der Waals surface area contributed by atoms with Gasteiger partial charge in [-0.3, -0.25) is 14.3 Å². The Hall–Kier alpha value is -3.53. The van der Waals surface area contributed by atoms with Crippen LogP contribution in [0.25, 0.3) is 39.0 Å². The second kappa shape index (κ2) is 8.35. The lowest BCUT2D eigenvalue weighted by Crippen LogP contribution is -2.36. The summed E-state index contributed by atoms with van der Waals surface area (Å²) in [6.07, 6.45) is 3.50. The molecule has 0 unspecified atom stereocenters. The Morgan fingerprint density at radius 3 is 2.76 bits per heavy atom. The third-order valence-electron chi connectivity index (χ3n) is 6.02. The summed E-state index contributed by atoms with van der Waals surface area (Å²) in [6, 6.07) is 11.5. The number of nitrogens with zero attached hydrogens (tertiary/aromatic N) is 5. The number of aromatic nitrogens is 4. The van der Waals surface area contributed by atoms with Crippen molar-refractivity contribution in [3.8, 4) is 17.1 Å². The highest BCUT2D eigenvalue weighted by Gasteiger charge is 2.23. The minimum Gasteiger partial charge on any atom is -0.378 e. The molecule has 8 nitrogen and oxygen atoms in total. The van der Waals surface area contributed by atoms with Gasteiger partial charge in [-0.1, -0.05) is 23.7 Å². The molecule has 6 rings (SSSR count). The van der Waals surface area contributed by atoms with Gasteiger partial charge in [0.15, 0.2) is 0 Å². The number of pyridine rings is 1. The molecule has 0 radical (unpaired) electrons. The largest absolute Gasteiger partial charge is 0.378 e. The minimum atomic E-state index is -0.526. The number of imidazole rings is 1. The Labute approximate surface area is 203 Å². The zero-order valence-electron chi connectivity index (χ0n) is 17.9. The van der Waals surface area contributed by atoms with Crippen LogP contribution in [0.2, 0.25) is 5.02 Å². The van der Waals surface area contributed by atoms with Crippen LogP contribution >= 0.6 is 23.1 Å². The van der Waals surface area contributed by atoms with Crippen LogP contribution in [-0.4, -0.2) is 51.1 Å². The third-order valence-corrected chi connectivity index (χ3v) is 6.91. The van der Waals surface area contributed by atoms with E-state index in [2.05, 4.69) is 20.3 Å². The van der Waals surface area contributed by atoms with E-state index in [1.54, 1.807) is 12.4 Å². The Kier molecular flexibility index (Phi) is 5.17. The first-order chi connectivity index (χ1) is 16.6. The van der Waals surface area contributed by atoms with Gasteiger partial charge in [-0.2, -0.15) is 0 Å². The van der Waals surface area contributed by atoms with Crippen LogP contribution in [0.1, 0.15) is 10.4 Å². The molecule has 0 spiro atoms. The van der Waals surface area contributed by atoms with Gasteiger partial charge < -0.3 is 15.4 Å². The summed E-state index contributed by atoms with van der Waals surface area (Å²) in [5.41, 5.74) is 10.8. The molecule has 0 aliphatic carbocycles. The molecule has 1 fully saturated rings. The predicted octanol–water partition coefficient (Wildman–Crippen LogP) is 4.29. The lowest BCUT2D eigenvalue weighted by molar-refractivity contribution is 0.100. The second-order valence-corrected chi connectivity index (χ2v) is 9.04. The summed E-state index contributed by atoms with van der Waals surface area (Å²) in [5, 5.41) is 3.37. The quantitative estimate of drug-likeness (QED) is 0.403. The van der Waals surface area contributed by atoms with Crippen LogP contribution < -0.4 is 10.6 Å². The van der Waals surface area contributed by atoms with Gasteiger partial charge in [0.2, 0.25) is 0 Å². The number of carbonyl (C=O) groups is 1. The standard InChI is InChI=1S/C24H19ClN6O2S/c25-18-3-1-2-16-19(4-5-27-21(16)18)31-20-11-15(30-6-8-33-9-7-30)10-17(23(26)32)22(20)29-24(31)14-12-28-34-13-14/h1-5,10-13H,6-9H2,(H2,26,32). The maximum atomic E-state index is 12.5. The number of para-hydroxylation sites is 1. The molecule has 10 heteroatoms. The van der Waals surface area contributed by atoms with Crippen LogP contribution in [0, 0.1) is 0 Å². The van der Waals surface area contributed by atoms with Gasteiger partial charge in [0.25, 0.3) is 5.91 Å². The highest BCUT2D eigenvalue weighted by Crippen LogP contribution is 2.36. The number of primary amides is 1. The molecule has 2 aromatic carbocycles. The Morgan fingerprint density at radius 1 is 1.15 bits per heavy atom. The second-order valence-electron chi connectivity index (χ2n) is 7.97. The highest BCUT2D eigenvalue weighted by molar-refractivity contribution is 7.03. The normalized spacial score (nSPS) is 14.2. The molecule has 0 atom stereocenters. The van der Waals surface area contributed by atoms with E-state index in [0.29, 0.717) is 40.7 Å². The fourth-order valence-corrected chi connectivity index (χ4v) is 5.17. The van der Waals surface area contributed by atoms with Crippen molar-refractivity contribution >= 4 is 56.7 Å². The fraction of sp³-hybridized carbons (Fsp3) is 0.167. The van der Waals surface area contributed by atoms with Gasteiger partial charge in [-0.25, -0.2) is 9.36 Å². The summed E-state index contributed by atoms with van der Waals surface area (Å²) >= 11 is 7.81. The molecule has 4 heterocycles. The average molecular weight is 491 g/mol. The molecule has 5 aromatic rings. The van der Waals surface area contributed by atoms with Gasteiger partial charge >= 0.3 is 0 Å². The van der Waals surface area contributed by atoms with E-state index >= 15 is 0 Å². The highest BCUT2D eigenvalue weighted by atomic mass is 35.5. The first-order valence-corrected chi connectivity index (χ1v) is 12.0. The van der Waals surface area contributed by atoms with Crippen molar-refractivity contribution in [2.75, 3.05) is 31.2 Å². The number of halogens is 1. The lowest BCUT2D eigenvalue weighted by atomic mass is 10.1. The third kappa shape index (κ3) is 3.40. The van der Waals surface area contributed by atoms with E-state index in [9.17, 15) is 4.79 Å². The lowest BCUT2D eigenvalue weighted by Gasteiger charge is -2.29. The van der Waals surface area contributed by atoms with Crippen LogP contribution in [0.4, 0.5) is 5.69 Å². The maximum absolute atomic E-state index is 12.5. The number of anilines is 1. The van der Waals surface area contributed by atoms with E-state index in [1.165, 1.54) is 11.5 Å². The molecule has 170 valence electrons. The Morgan fingerprint density at radius 2 is 2.00 bits per heavy atom. The first kappa shape index (κ1) is 21.0. The van der Waals surface area contributed by atoms with Crippen molar-refractivity contribution in [1.29, 1.82) is 0 Å². The van der Waals surface area contributed by atoms with Crippen LogP contribution in [0.5, 0.6) is 0 Å². The zero-order chi connectivity index (χ0) is 23.2. The van der Waals surface area contributed by atoms with E-state index in [1.807, 2.05) is 40.3 Å². The number of hydrogen-bond donors (Lipinski definition) is 1. The van der Waals surface area contributed by atoms with Crippen molar-refractivity contribution in [2.45, 2.75) is 0 Å². The minimum absolute atomic E-state index is 0.374. The SMILES string of the molecule is NC(=O)c1cc(N2CCOCC2)cc2c1nc(-c1cnsc1)n2-c1ccnc2c(Cl)cccc12. The van der Waals surface area contributed by atoms with Gasteiger partial charge in [0.1, 0.15) is 11.3 Å². The number of nitrogens with two attached hydrogens (primary N) is 1. The van der Waals surface area contributed by atoms with Crippen LogP contribution in [0.3, 0.4) is 0 Å². The molecule has 1 amide bonds. The number of ether oxygens (including phenoxy) is 1. The molecule has 1 saturated heterocycles. The molecule has 2 N–H and O–H groups in total. The number of amides is 1. The van der Waals surface area contributed by atoms with Gasteiger partial charge in [-0.15, -0.1) is 0 Å². The fourth-order valence-electron chi connectivity index (χ4n) is 4.43. The molecule has 1 aliphatic heterocycles. The van der Waals surface area contributed by atoms with Crippen molar-refractivity contribution < 1.29 is 9.53 Å². The Balaban J connectivity index is 1.72. The van der Waals surface area contributed by atoms with Crippen LogP contribution in [-0.2, 0) is 4.74 Å². The van der Waals surface area contributed by atoms with Crippen molar-refractivity contribution in [3.63, 3.8) is 0 Å². The molecule has 1 aliphatic rings. The van der Waals surface area contributed by atoms with Crippen molar-refractivity contribution in [3.05, 3.63) is 64.8 Å². The maximum Gasteiger partial charge on any atom is 0.251 e.